The molecule has 0 aliphatic carbocycles. The van der Waals surface area contributed by atoms with E-state index in [-0.39, 0.29) is 11.9 Å². The molecule has 0 N–H and O–H groups in total. The van der Waals surface area contributed by atoms with Gasteiger partial charge in [0.05, 0.1) is 13.2 Å². The van der Waals surface area contributed by atoms with Gasteiger partial charge in [-0.3, -0.25) is 9.36 Å². The van der Waals surface area contributed by atoms with Crippen LogP contribution in [0.2, 0.25) is 0 Å². The van der Waals surface area contributed by atoms with Gasteiger partial charge in [-0.1, -0.05) is 58.3 Å². The van der Waals surface area contributed by atoms with Crippen LogP contribution in [-0.4, -0.2) is 25.2 Å². The highest BCUT2D eigenvalue weighted by Gasteiger charge is 2.26. The fourth-order valence-corrected chi connectivity index (χ4v) is 4.08. The molecule has 0 heterocycles. The molecule has 0 rings (SSSR count). The zero-order valence-electron chi connectivity index (χ0n) is 14.8. The second-order valence-electron chi connectivity index (χ2n) is 5.72. The van der Waals surface area contributed by atoms with Crippen LogP contribution in [0.4, 0.5) is 0 Å². The minimum absolute atomic E-state index is 0.00632. The van der Waals surface area contributed by atoms with Crippen molar-refractivity contribution in [1.29, 1.82) is 0 Å². The number of ketones is 1. The second-order valence-corrected chi connectivity index (χ2v) is 7.78. The third-order valence-corrected chi connectivity index (χ3v) is 5.62. The largest absolute Gasteiger partial charge is 0.338 e. The summed E-state index contributed by atoms with van der Waals surface area (Å²) in [6, 6.07) is 0. The van der Waals surface area contributed by atoms with E-state index in [4.69, 9.17) is 9.05 Å². The van der Waals surface area contributed by atoms with E-state index in [1.54, 1.807) is 13.8 Å². The first-order valence-electron chi connectivity index (χ1n) is 8.97. The van der Waals surface area contributed by atoms with E-state index < -0.39 is 7.60 Å². The van der Waals surface area contributed by atoms with Crippen molar-refractivity contribution in [2.75, 3.05) is 19.4 Å². The molecule has 0 saturated heterocycles. The number of hydrogen-bond acceptors (Lipinski definition) is 4. The Kier molecular flexibility index (Phi) is 14.3. The highest BCUT2D eigenvalue weighted by Crippen LogP contribution is 2.48. The lowest BCUT2D eigenvalue weighted by Crippen LogP contribution is -2.09. The normalized spacial score (nSPS) is 11.8. The van der Waals surface area contributed by atoms with Crippen molar-refractivity contribution in [3.63, 3.8) is 0 Å². The van der Waals surface area contributed by atoms with E-state index >= 15 is 0 Å². The summed E-state index contributed by atoms with van der Waals surface area (Å²) in [6.45, 7) is 6.37. The highest BCUT2D eigenvalue weighted by atomic mass is 31.2. The predicted octanol–water partition coefficient (Wildman–Crippen LogP) is 5.74. The van der Waals surface area contributed by atoms with Crippen LogP contribution in [0.3, 0.4) is 0 Å². The Labute approximate surface area is 136 Å². The van der Waals surface area contributed by atoms with E-state index in [0.29, 0.717) is 19.6 Å². The topological polar surface area (TPSA) is 52.6 Å². The molecule has 0 fully saturated rings. The van der Waals surface area contributed by atoms with E-state index in [2.05, 4.69) is 6.92 Å². The first-order valence-corrected chi connectivity index (χ1v) is 10.7. The summed E-state index contributed by atoms with van der Waals surface area (Å²) in [5, 5.41) is 0. The van der Waals surface area contributed by atoms with Crippen molar-refractivity contribution < 1.29 is 18.4 Å². The van der Waals surface area contributed by atoms with Gasteiger partial charge in [-0.15, -0.1) is 0 Å². The molecule has 0 aliphatic rings. The molecule has 132 valence electrons. The monoisotopic (exact) mass is 334 g/mol. The van der Waals surface area contributed by atoms with E-state index in [0.717, 1.165) is 12.8 Å². The summed E-state index contributed by atoms with van der Waals surface area (Å²) in [5.74, 6) is -0.00632. The maximum atomic E-state index is 12.2. The molecule has 0 saturated carbocycles. The van der Waals surface area contributed by atoms with Crippen molar-refractivity contribution in [3.8, 4) is 0 Å². The van der Waals surface area contributed by atoms with Gasteiger partial charge in [0.25, 0.3) is 0 Å². The van der Waals surface area contributed by atoms with Crippen molar-refractivity contribution >= 4 is 13.4 Å². The van der Waals surface area contributed by atoms with Gasteiger partial charge in [0.1, 0.15) is 11.9 Å². The third-order valence-electron chi connectivity index (χ3n) is 3.58. The minimum atomic E-state index is -3.20. The molecule has 4 nitrogen and oxygen atoms in total. The van der Waals surface area contributed by atoms with Crippen LogP contribution in [0.5, 0.6) is 0 Å². The highest BCUT2D eigenvalue weighted by molar-refractivity contribution is 7.54. The lowest BCUT2D eigenvalue weighted by molar-refractivity contribution is -0.117. The van der Waals surface area contributed by atoms with E-state index in [9.17, 15) is 9.36 Å². The maximum absolute atomic E-state index is 12.2. The zero-order valence-corrected chi connectivity index (χ0v) is 15.7. The summed E-state index contributed by atoms with van der Waals surface area (Å²) in [6.07, 6.45) is 11.4. The molecule has 0 unspecified atom stereocenters. The summed E-state index contributed by atoms with van der Waals surface area (Å²) in [7, 11) is -3.20. The van der Waals surface area contributed by atoms with Gasteiger partial charge in [-0.25, -0.2) is 0 Å². The Morgan fingerprint density at radius 1 is 0.773 bits per heavy atom. The smallest absolute Gasteiger partial charge is 0.309 e. The molecule has 0 aromatic heterocycles. The second kappa shape index (κ2) is 14.4. The third kappa shape index (κ3) is 12.4. The summed E-state index contributed by atoms with van der Waals surface area (Å²) in [4.78, 5) is 11.9. The van der Waals surface area contributed by atoms with Crippen LogP contribution >= 0.6 is 7.60 Å². The van der Waals surface area contributed by atoms with Crippen molar-refractivity contribution in [2.24, 2.45) is 0 Å². The number of hydrogen-bond donors (Lipinski definition) is 0. The maximum Gasteiger partial charge on any atom is 0.338 e. The zero-order chi connectivity index (χ0) is 16.7. The minimum Gasteiger partial charge on any atom is -0.309 e. The molecule has 0 bridgehead atoms. The average molecular weight is 334 g/mol. The van der Waals surface area contributed by atoms with Crippen molar-refractivity contribution in [1.82, 2.24) is 0 Å². The first kappa shape index (κ1) is 21.8. The standard InChI is InChI=1S/C17H35O4P/c1-4-7-8-9-10-11-12-13-14-15-17(18)16-22(19,20-5-2)21-6-3/h4-16H2,1-3H3. The Bertz CT molecular complexity index is 308. The van der Waals surface area contributed by atoms with Crippen LogP contribution in [0.1, 0.15) is 85.0 Å². The van der Waals surface area contributed by atoms with Gasteiger partial charge < -0.3 is 9.05 Å². The molecular weight excluding hydrogens is 299 g/mol. The SMILES string of the molecule is CCCCCCCCCCCC(=O)CP(=O)(OCC)OCC. The Hall–Kier alpha value is -0.180. The van der Waals surface area contributed by atoms with Crippen LogP contribution in [0.15, 0.2) is 0 Å². The lowest BCUT2D eigenvalue weighted by atomic mass is 10.1. The van der Waals surface area contributed by atoms with Crippen LogP contribution in [-0.2, 0) is 18.4 Å². The molecular formula is C17H35O4P. The Balaban J connectivity index is 3.66. The fraction of sp³-hybridized carbons (Fsp3) is 0.941. The molecule has 0 amide bonds. The van der Waals surface area contributed by atoms with Gasteiger partial charge >= 0.3 is 7.60 Å². The van der Waals surface area contributed by atoms with Gasteiger partial charge in [-0.05, 0) is 20.3 Å². The van der Waals surface area contributed by atoms with Crippen LogP contribution in [0.25, 0.3) is 0 Å². The van der Waals surface area contributed by atoms with E-state index in [1.165, 1.54) is 44.9 Å². The van der Waals surface area contributed by atoms with Crippen molar-refractivity contribution in [2.45, 2.75) is 85.0 Å². The number of Topliss-reactive ketones (excluding diaryl/α,β-unsaturated/α-hetero) is 1. The van der Waals surface area contributed by atoms with Crippen LogP contribution < -0.4 is 0 Å². The van der Waals surface area contributed by atoms with Gasteiger partial charge in [-0.2, -0.15) is 0 Å². The quantitative estimate of drug-likeness (QED) is 0.267. The van der Waals surface area contributed by atoms with Gasteiger partial charge in [0, 0.05) is 6.42 Å². The molecule has 0 spiro atoms. The molecule has 0 aliphatic heterocycles. The molecule has 0 aromatic carbocycles. The molecule has 0 radical (unpaired) electrons. The van der Waals surface area contributed by atoms with E-state index in [1.807, 2.05) is 0 Å². The first-order chi connectivity index (χ1) is 10.6. The average Bonchev–Trinajstić information content (AvgIpc) is 2.45. The fourth-order valence-electron chi connectivity index (χ4n) is 2.45. The number of carbonyl (C=O) groups excluding carboxylic acids is 1. The number of unbranched alkanes of at least 4 members (excludes halogenated alkanes) is 8. The van der Waals surface area contributed by atoms with Gasteiger partial charge in [0.15, 0.2) is 0 Å². The summed E-state index contributed by atoms with van der Waals surface area (Å²) in [5.41, 5.74) is 0. The van der Waals surface area contributed by atoms with Crippen LogP contribution in [0, 0.1) is 0 Å². The molecule has 22 heavy (non-hydrogen) atoms. The molecule has 5 heteroatoms. The van der Waals surface area contributed by atoms with Gasteiger partial charge in [0.2, 0.25) is 0 Å². The lowest BCUT2D eigenvalue weighted by Gasteiger charge is -2.16. The number of carbonyl (C=O) groups is 1. The molecule has 0 atom stereocenters. The Morgan fingerprint density at radius 3 is 1.68 bits per heavy atom. The Morgan fingerprint density at radius 2 is 1.23 bits per heavy atom. The summed E-state index contributed by atoms with van der Waals surface area (Å²) < 4.78 is 22.5. The number of rotatable bonds is 16. The predicted molar refractivity (Wildman–Crippen MR) is 92.6 cm³/mol. The molecule has 0 aromatic rings. The summed E-state index contributed by atoms with van der Waals surface area (Å²) >= 11 is 0. The van der Waals surface area contributed by atoms with Crippen molar-refractivity contribution in [3.05, 3.63) is 0 Å².